The molecule has 1 aromatic rings. The molecule has 1 N–H and O–H groups in total. The van der Waals surface area contributed by atoms with Crippen LogP contribution in [0.5, 0.6) is 5.75 Å². The Bertz CT molecular complexity index is 368. The van der Waals surface area contributed by atoms with Gasteiger partial charge in [-0.15, -0.1) is 0 Å². The molecular formula is C11H13ClO3S. The molecule has 1 rings (SSSR count). The van der Waals surface area contributed by atoms with Gasteiger partial charge in [0.15, 0.2) is 5.75 Å². The predicted octanol–water partition coefficient (Wildman–Crippen LogP) is 3.17. The van der Waals surface area contributed by atoms with E-state index in [1.54, 1.807) is 23.9 Å². The lowest BCUT2D eigenvalue weighted by molar-refractivity contribution is 0.0692. The normalized spacial score (nSPS) is 10.1. The molecule has 0 aliphatic carbocycles. The zero-order chi connectivity index (χ0) is 12.0. The number of carboxylic acid groups (broad SMARTS) is 1. The van der Waals surface area contributed by atoms with E-state index < -0.39 is 5.97 Å². The average molecular weight is 261 g/mol. The Morgan fingerprint density at radius 1 is 1.56 bits per heavy atom. The number of hydrogen-bond donors (Lipinski definition) is 1. The van der Waals surface area contributed by atoms with Gasteiger partial charge in [-0.1, -0.05) is 17.7 Å². The molecule has 0 aliphatic heterocycles. The number of hydrogen-bond acceptors (Lipinski definition) is 3. The maximum absolute atomic E-state index is 10.9. The first-order valence-corrected chi connectivity index (χ1v) is 6.57. The molecule has 0 fully saturated rings. The number of carboxylic acids is 1. The lowest BCUT2D eigenvalue weighted by Gasteiger charge is -2.10. The van der Waals surface area contributed by atoms with Gasteiger partial charge in [0.2, 0.25) is 0 Å². The average Bonchev–Trinajstić information content (AvgIpc) is 2.25. The number of para-hydroxylation sites is 1. The van der Waals surface area contributed by atoms with Crippen molar-refractivity contribution in [2.45, 2.75) is 6.42 Å². The summed E-state index contributed by atoms with van der Waals surface area (Å²) in [6, 6.07) is 4.70. The lowest BCUT2D eigenvalue weighted by Crippen LogP contribution is -2.05. The van der Waals surface area contributed by atoms with E-state index in [1.807, 2.05) is 6.26 Å². The number of benzene rings is 1. The van der Waals surface area contributed by atoms with Crippen LogP contribution in [-0.2, 0) is 0 Å². The molecular weight excluding hydrogens is 248 g/mol. The van der Waals surface area contributed by atoms with Crippen molar-refractivity contribution in [3.8, 4) is 5.75 Å². The number of thioether (sulfide) groups is 1. The first-order valence-electron chi connectivity index (χ1n) is 4.80. The zero-order valence-corrected chi connectivity index (χ0v) is 10.5. The molecule has 0 heterocycles. The summed E-state index contributed by atoms with van der Waals surface area (Å²) in [5, 5.41) is 9.29. The molecule has 16 heavy (non-hydrogen) atoms. The van der Waals surface area contributed by atoms with Gasteiger partial charge in [0.05, 0.1) is 11.6 Å². The molecule has 0 unspecified atom stereocenters. The quantitative estimate of drug-likeness (QED) is 0.798. The van der Waals surface area contributed by atoms with Crippen LogP contribution in [0.3, 0.4) is 0 Å². The largest absolute Gasteiger partial charge is 0.491 e. The number of aromatic carboxylic acids is 1. The summed E-state index contributed by atoms with van der Waals surface area (Å²) in [5.74, 6) is 0.215. The Morgan fingerprint density at radius 3 is 2.94 bits per heavy atom. The van der Waals surface area contributed by atoms with Crippen molar-refractivity contribution >= 4 is 29.3 Å². The van der Waals surface area contributed by atoms with E-state index in [1.165, 1.54) is 6.07 Å². The van der Waals surface area contributed by atoms with Crippen LogP contribution < -0.4 is 4.74 Å². The molecule has 0 atom stereocenters. The van der Waals surface area contributed by atoms with Crippen LogP contribution in [0.15, 0.2) is 18.2 Å². The van der Waals surface area contributed by atoms with Crippen molar-refractivity contribution in [1.29, 1.82) is 0 Å². The predicted molar refractivity (Wildman–Crippen MR) is 66.9 cm³/mol. The highest BCUT2D eigenvalue weighted by molar-refractivity contribution is 7.98. The van der Waals surface area contributed by atoms with Crippen molar-refractivity contribution < 1.29 is 14.6 Å². The standard InChI is InChI=1S/C11H13ClO3S/c1-16-7-3-6-15-10-8(11(13)14)4-2-5-9(10)12/h2,4-5H,3,6-7H2,1H3,(H,13,14). The fourth-order valence-corrected chi connectivity index (χ4v) is 1.84. The minimum Gasteiger partial charge on any atom is -0.491 e. The van der Waals surface area contributed by atoms with Gasteiger partial charge < -0.3 is 9.84 Å². The lowest BCUT2D eigenvalue weighted by atomic mass is 10.2. The Kier molecular flexibility index (Phi) is 5.49. The molecule has 0 spiro atoms. The molecule has 0 amide bonds. The van der Waals surface area contributed by atoms with E-state index in [9.17, 15) is 4.79 Å². The third kappa shape index (κ3) is 3.61. The zero-order valence-electron chi connectivity index (χ0n) is 8.90. The number of rotatable bonds is 6. The fourth-order valence-electron chi connectivity index (χ4n) is 1.20. The van der Waals surface area contributed by atoms with Crippen LogP contribution in [0.4, 0.5) is 0 Å². The van der Waals surface area contributed by atoms with Gasteiger partial charge >= 0.3 is 5.97 Å². The molecule has 0 aromatic heterocycles. The van der Waals surface area contributed by atoms with Crippen LogP contribution in [0.2, 0.25) is 5.02 Å². The van der Waals surface area contributed by atoms with Gasteiger partial charge in [-0.25, -0.2) is 4.79 Å². The highest BCUT2D eigenvalue weighted by atomic mass is 35.5. The number of halogens is 1. The summed E-state index contributed by atoms with van der Waals surface area (Å²) in [4.78, 5) is 10.9. The Labute approximate surface area is 104 Å². The minimum absolute atomic E-state index is 0.108. The second kappa shape index (κ2) is 6.66. The van der Waals surface area contributed by atoms with E-state index in [0.29, 0.717) is 11.6 Å². The summed E-state index contributed by atoms with van der Waals surface area (Å²) >= 11 is 7.61. The van der Waals surface area contributed by atoms with Gasteiger partial charge in [0.25, 0.3) is 0 Å². The van der Waals surface area contributed by atoms with Crippen LogP contribution in [0.25, 0.3) is 0 Å². The van der Waals surface area contributed by atoms with Gasteiger partial charge in [-0.2, -0.15) is 11.8 Å². The first-order chi connectivity index (χ1) is 7.66. The topological polar surface area (TPSA) is 46.5 Å². The summed E-state index contributed by atoms with van der Waals surface area (Å²) in [7, 11) is 0. The molecule has 88 valence electrons. The van der Waals surface area contributed by atoms with Crippen LogP contribution in [-0.4, -0.2) is 29.7 Å². The van der Waals surface area contributed by atoms with E-state index in [0.717, 1.165) is 12.2 Å². The summed E-state index contributed by atoms with van der Waals surface area (Å²) < 4.78 is 5.41. The van der Waals surface area contributed by atoms with Crippen molar-refractivity contribution in [1.82, 2.24) is 0 Å². The van der Waals surface area contributed by atoms with Gasteiger partial charge in [-0.05, 0) is 30.6 Å². The van der Waals surface area contributed by atoms with Crippen molar-refractivity contribution in [2.75, 3.05) is 18.6 Å². The third-order valence-corrected chi connectivity index (χ3v) is 2.93. The van der Waals surface area contributed by atoms with Gasteiger partial charge in [0.1, 0.15) is 5.56 Å². The van der Waals surface area contributed by atoms with E-state index in [2.05, 4.69) is 0 Å². The highest BCUT2D eigenvalue weighted by Crippen LogP contribution is 2.28. The van der Waals surface area contributed by atoms with Crippen molar-refractivity contribution in [3.05, 3.63) is 28.8 Å². The SMILES string of the molecule is CSCCCOc1c(Cl)cccc1C(=O)O. The molecule has 0 saturated heterocycles. The third-order valence-electron chi connectivity index (χ3n) is 1.94. The molecule has 1 aromatic carbocycles. The van der Waals surface area contributed by atoms with Crippen molar-refractivity contribution in [3.63, 3.8) is 0 Å². The Morgan fingerprint density at radius 2 is 2.31 bits per heavy atom. The second-order valence-electron chi connectivity index (χ2n) is 3.12. The Hall–Kier alpha value is -0.870. The molecule has 0 aliphatic rings. The number of ether oxygens (including phenoxy) is 1. The first kappa shape index (κ1) is 13.2. The molecule has 0 bridgehead atoms. The summed E-state index contributed by atoms with van der Waals surface area (Å²) in [6.45, 7) is 0.477. The monoisotopic (exact) mass is 260 g/mol. The number of carbonyl (C=O) groups is 1. The second-order valence-corrected chi connectivity index (χ2v) is 4.51. The molecule has 0 radical (unpaired) electrons. The Balaban J connectivity index is 2.73. The summed E-state index contributed by atoms with van der Waals surface area (Å²) in [5.41, 5.74) is 0.108. The minimum atomic E-state index is -1.03. The van der Waals surface area contributed by atoms with Crippen LogP contribution >= 0.6 is 23.4 Å². The van der Waals surface area contributed by atoms with Crippen LogP contribution in [0.1, 0.15) is 16.8 Å². The van der Waals surface area contributed by atoms with E-state index >= 15 is 0 Å². The fraction of sp³-hybridized carbons (Fsp3) is 0.364. The molecule has 5 heteroatoms. The smallest absolute Gasteiger partial charge is 0.339 e. The van der Waals surface area contributed by atoms with Gasteiger partial charge in [0, 0.05) is 0 Å². The van der Waals surface area contributed by atoms with Gasteiger partial charge in [-0.3, -0.25) is 0 Å². The van der Waals surface area contributed by atoms with E-state index in [4.69, 9.17) is 21.4 Å². The highest BCUT2D eigenvalue weighted by Gasteiger charge is 2.13. The summed E-state index contributed by atoms with van der Waals surface area (Å²) in [6.07, 6.45) is 2.88. The maximum Gasteiger partial charge on any atom is 0.339 e. The maximum atomic E-state index is 10.9. The molecule has 0 saturated carbocycles. The van der Waals surface area contributed by atoms with Crippen LogP contribution in [0, 0.1) is 0 Å². The van der Waals surface area contributed by atoms with Crippen molar-refractivity contribution in [2.24, 2.45) is 0 Å². The van der Waals surface area contributed by atoms with E-state index in [-0.39, 0.29) is 11.3 Å². The molecule has 3 nitrogen and oxygen atoms in total.